The maximum absolute atomic E-state index is 7.28. The van der Waals surface area contributed by atoms with Gasteiger partial charge < -0.3 is 19.3 Å². The molecule has 1 heterocycles. The molecule has 9 heteroatoms. The molecule has 9 nitrogen and oxygen atoms in total. The standard InChI is InChI=1S/C21H18N8O/c1-7-10-13-29-20(23-5)19(22-4)25-21(29)27-26-17-12-11-16(28(8-2)9-3)14-18(17)24-15-30-6/h1,11-12,14-15H,8-9H2,2-3,6H3. The number of ether oxygens (including phenoxy) is 1. The summed E-state index contributed by atoms with van der Waals surface area (Å²) in [4.78, 5) is 17.0. The zero-order valence-corrected chi connectivity index (χ0v) is 16.8. The molecule has 0 saturated carbocycles. The fourth-order valence-electron chi connectivity index (χ4n) is 2.52. The van der Waals surface area contributed by atoms with Gasteiger partial charge in [-0.15, -0.1) is 11.5 Å². The van der Waals surface area contributed by atoms with Gasteiger partial charge >= 0.3 is 5.95 Å². The van der Waals surface area contributed by atoms with Gasteiger partial charge in [-0.05, 0) is 38.0 Å². The molecule has 0 fully saturated rings. The molecule has 0 atom stereocenters. The fourth-order valence-corrected chi connectivity index (χ4v) is 2.52. The summed E-state index contributed by atoms with van der Waals surface area (Å²) in [6.07, 6.45) is 6.47. The Bertz CT molecular complexity index is 1160. The number of rotatable bonds is 7. The Balaban J connectivity index is 2.56. The Morgan fingerprint density at radius 2 is 2.00 bits per heavy atom. The fraction of sp³-hybridized carbons (Fsp3) is 0.238. The van der Waals surface area contributed by atoms with Crippen LogP contribution in [0, 0.1) is 37.5 Å². The minimum absolute atomic E-state index is 0.0239. The maximum atomic E-state index is 7.28. The van der Waals surface area contributed by atoms with E-state index in [2.05, 4.69) is 66.5 Å². The predicted molar refractivity (Wildman–Crippen MR) is 116 cm³/mol. The van der Waals surface area contributed by atoms with Crippen molar-refractivity contribution in [3.8, 4) is 24.3 Å². The van der Waals surface area contributed by atoms with Crippen molar-refractivity contribution < 1.29 is 4.74 Å². The van der Waals surface area contributed by atoms with Gasteiger partial charge in [-0.2, -0.15) is 4.57 Å². The molecule has 0 aliphatic heterocycles. The van der Waals surface area contributed by atoms with Crippen LogP contribution in [0.15, 0.2) is 33.4 Å². The molecule has 30 heavy (non-hydrogen) atoms. The van der Waals surface area contributed by atoms with Gasteiger partial charge in [-0.3, -0.25) is 0 Å². The molecule has 0 aliphatic carbocycles. The van der Waals surface area contributed by atoms with Crippen LogP contribution in [0.3, 0.4) is 0 Å². The number of hydrogen-bond donors (Lipinski definition) is 0. The first-order valence-electron chi connectivity index (χ1n) is 8.83. The molecule has 0 N–H and O–H groups in total. The van der Waals surface area contributed by atoms with E-state index in [1.807, 2.05) is 12.1 Å². The first-order valence-corrected chi connectivity index (χ1v) is 8.83. The van der Waals surface area contributed by atoms with E-state index in [4.69, 9.17) is 24.3 Å². The first kappa shape index (κ1) is 21.7. The first-order chi connectivity index (χ1) is 14.6. The minimum atomic E-state index is -0.125. The highest BCUT2D eigenvalue weighted by Crippen LogP contribution is 2.36. The van der Waals surface area contributed by atoms with Gasteiger partial charge in [-0.25, -0.2) is 4.99 Å². The molecular weight excluding hydrogens is 380 g/mol. The van der Waals surface area contributed by atoms with Gasteiger partial charge in [0, 0.05) is 24.7 Å². The molecule has 0 aliphatic rings. The summed E-state index contributed by atoms with van der Waals surface area (Å²) in [5, 5.41) is 8.28. The number of anilines is 1. The Hall–Kier alpha value is -4.60. The van der Waals surface area contributed by atoms with Gasteiger partial charge in [0.15, 0.2) is 6.40 Å². The third kappa shape index (κ3) is 4.81. The van der Waals surface area contributed by atoms with Crippen LogP contribution in [0.25, 0.3) is 9.69 Å². The molecule has 0 spiro atoms. The zero-order valence-electron chi connectivity index (χ0n) is 16.8. The SMILES string of the molecule is [C-]#[N+]c1nc(N=Nc2ccc(N(CC)CC)cc2N=COC)n(C#CC#C)c1[N+]#[C-]. The van der Waals surface area contributed by atoms with Crippen molar-refractivity contribution in [1.82, 2.24) is 9.55 Å². The number of nitrogens with zero attached hydrogens (tertiary/aromatic N) is 8. The Kier molecular flexibility index (Phi) is 7.71. The van der Waals surface area contributed by atoms with E-state index in [9.17, 15) is 0 Å². The van der Waals surface area contributed by atoms with Gasteiger partial charge in [0.2, 0.25) is 0 Å². The number of azo groups is 1. The molecule has 0 unspecified atom stereocenters. The highest BCUT2D eigenvalue weighted by Gasteiger charge is 2.21. The van der Waals surface area contributed by atoms with Crippen LogP contribution in [0.1, 0.15) is 13.8 Å². The molecule has 148 valence electrons. The van der Waals surface area contributed by atoms with Crippen molar-refractivity contribution >= 4 is 41.0 Å². The summed E-state index contributed by atoms with van der Waals surface area (Å²) < 4.78 is 6.08. The van der Waals surface area contributed by atoms with E-state index in [-0.39, 0.29) is 17.6 Å². The van der Waals surface area contributed by atoms with E-state index in [1.165, 1.54) is 13.5 Å². The van der Waals surface area contributed by atoms with E-state index >= 15 is 0 Å². The van der Waals surface area contributed by atoms with Crippen molar-refractivity contribution in [3.05, 3.63) is 41.0 Å². The van der Waals surface area contributed by atoms with Crippen molar-refractivity contribution in [3.63, 3.8) is 0 Å². The molecule has 1 aromatic heterocycles. The average molecular weight is 398 g/mol. The molecule has 0 amide bonds. The van der Waals surface area contributed by atoms with Gasteiger partial charge in [0.25, 0.3) is 11.6 Å². The highest BCUT2D eigenvalue weighted by molar-refractivity contribution is 5.73. The summed E-state index contributed by atoms with van der Waals surface area (Å²) in [7, 11) is 1.50. The lowest BCUT2D eigenvalue weighted by Gasteiger charge is -2.21. The molecule has 0 radical (unpaired) electrons. The van der Waals surface area contributed by atoms with Crippen molar-refractivity contribution in [2.45, 2.75) is 13.8 Å². The van der Waals surface area contributed by atoms with Crippen LogP contribution in [0.5, 0.6) is 0 Å². The van der Waals surface area contributed by atoms with Crippen LogP contribution < -0.4 is 4.90 Å². The number of imidazole rings is 1. The number of aromatic nitrogens is 2. The van der Waals surface area contributed by atoms with Crippen molar-refractivity contribution in [2.75, 3.05) is 25.1 Å². The predicted octanol–water partition coefficient (Wildman–Crippen LogP) is 4.99. The summed E-state index contributed by atoms with van der Waals surface area (Å²) in [6, 6.07) is 8.11. The lowest BCUT2D eigenvalue weighted by Crippen LogP contribution is -2.21. The van der Waals surface area contributed by atoms with E-state index in [0.29, 0.717) is 11.4 Å². The number of methoxy groups -OCH3 is 1. The van der Waals surface area contributed by atoms with Crippen LogP contribution in [-0.2, 0) is 4.74 Å². The van der Waals surface area contributed by atoms with Crippen LogP contribution in [0.4, 0.5) is 34.6 Å². The minimum Gasteiger partial charge on any atom is -0.486 e. The smallest absolute Gasteiger partial charge is 0.430 e. The summed E-state index contributed by atoms with van der Waals surface area (Å²) in [5.74, 6) is 4.33. The number of hydrogen-bond acceptors (Lipinski definition) is 6. The quantitative estimate of drug-likeness (QED) is 0.217. The Labute approximate surface area is 175 Å². The largest absolute Gasteiger partial charge is 0.486 e. The second kappa shape index (κ2) is 10.7. The monoisotopic (exact) mass is 398 g/mol. The summed E-state index contributed by atoms with van der Waals surface area (Å²) in [6.45, 7) is 20.3. The van der Waals surface area contributed by atoms with E-state index in [1.54, 1.807) is 6.07 Å². The summed E-state index contributed by atoms with van der Waals surface area (Å²) >= 11 is 0. The van der Waals surface area contributed by atoms with Crippen LogP contribution in [-0.4, -0.2) is 36.2 Å². The molecule has 2 rings (SSSR count). The number of aliphatic imine (C=N–C) groups is 1. The third-order valence-corrected chi connectivity index (χ3v) is 3.90. The van der Waals surface area contributed by atoms with Crippen molar-refractivity contribution in [2.24, 2.45) is 15.2 Å². The lowest BCUT2D eigenvalue weighted by molar-refractivity contribution is 0.423. The number of terminal acetylenes is 1. The van der Waals surface area contributed by atoms with E-state index < -0.39 is 0 Å². The van der Waals surface area contributed by atoms with Gasteiger partial charge in [0.1, 0.15) is 11.7 Å². The van der Waals surface area contributed by atoms with Crippen molar-refractivity contribution in [1.29, 1.82) is 0 Å². The van der Waals surface area contributed by atoms with Gasteiger partial charge in [0.05, 0.1) is 12.8 Å². The maximum Gasteiger partial charge on any atom is 0.430 e. The zero-order chi connectivity index (χ0) is 21.9. The topological polar surface area (TPSA) is 76.1 Å². The summed E-state index contributed by atoms with van der Waals surface area (Å²) in [5.41, 5.74) is 1.97. The Morgan fingerprint density at radius 1 is 1.23 bits per heavy atom. The molecule has 0 bridgehead atoms. The van der Waals surface area contributed by atoms with Crippen LogP contribution in [0.2, 0.25) is 0 Å². The second-order valence-electron chi connectivity index (χ2n) is 5.51. The molecule has 0 saturated heterocycles. The molecular formula is C21H18N8O. The second-order valence-corrected chi connectivity index (χ2v) is 5.51. The molecule has 1 aromatic carbocycles. The van der Waals surface area contributed by atoms with E-state index in [0.717, 1.165) is 23.3 Å². The normalized spacial score (nSPS) is 10.1. The number of benzene rings is 1. The van der Waals surface area contributed by atoms with Crippen LogP contribution >= 0.6 is 0 Å². The third-order valence-electron chi connectivity index (χ3n) is 3.90. The van der Waals surface area contributed by atoms with Gasteiger partial charge in [-0.1, -0.05) is 23.2 Å². The molecule has 2 aromatic rings. The lowest BCUT2D eigenvalue weighted by atomic mass is 10.2. The highest BCUT2D eigenvalue weighted by atomic mass is 16.5. The average Bonchev–Trinajstić information content (AvgIpc) is 3.12. The Morgan fingerprint density at radius 3 is 2.60 bits per heavy atom.